The lowest BCUT2D eigenvalue weighted by molar-refractivity contribution is -0.126. The van der Waals surface area contributed by atoms with Crippen molar-refractivity contribution in [2.45, 2.75) is 40.5 Å². The SMILES string of the molecule is C=c1cc(OCCOC)cc(F)/c1=C(/N=C\C)Nc1ccc(NC(=O)C2(C=O)CC2)cc1.CN(C)CC(C)(C)C. The molecule has 1 amide bonds. The number of amides is 1. The number of anilines is 2. The zero-order valence-electron chi connectivity index (χ0n) is 24.8. The van der Waals surface area contributed by atoms with Gasteiger partial charge in [0.05, 0.1) is 11.8 Å². The van der Waals surface area contributed by atoms with Crippen molar-refractivity contribution in [2.24, 2.45) is 15.8 Å². The normalized spacial score (nSPS) is 14.7. The van der Waals surface area contributed by atoms with Crippen LogP contribution in [0.3, 0.4) is 0 Å². The van der Waals surface area contributed by atoms with Crippen LogP contribution in [0.2, 0.25) is 0 Å². The highest BCUT2D eigenvalue weighted by atomic mass is 19.1. The number of ether oxygens (including phenoxy) is 2. The fourth-order valence-corrected chi connectivity index (χ4v) is 4.03. The van der Waals surface area contributed by atoms with E-state index >= 15 is 0 Å². The van der Waals surface area contributed by atoms with Crippen molar-refractivity contribution in [1.82, 2.24) is 4.90 Å². The number of aliphatic imine (C=N–C) groups is 1. The lowest BCUT2D eigenvalue weighted by atomic mass is 9.97. The first-order chi connectivity index (χ1) is 18.8. The van der Waals surface area contributed by atoms with E-state index in [-0.39, 0.29) is 16.9 Å². The minimum absolute atomic E-state index is 0.223. The number of nitrogens with one attached hydrogen (secondary N) is 2. The summed E-state index contributed by atoms with van der Waals surface area (Å²) < 4.78 is 25.3. The minimum atomic E-state index is -0.880. The van der Waals surface area contributed by atoms with Crippen molar-refractivity contribution in [3.05, 3.63) is 52.7 Å². The van der Waals surface area contributed by atoms with E-state index in [4.69, 9.17) is 9.47 Å². The zero-order valence-corrected chi connectivity index (χ0v) is 24.8. The predicted molar refractivity (Wildman–Crippen MR) is 161 cm³/mol. The molecule has 3 rings (SSSR count). The van der Waals surface area contributed by atoms with E-state index in [9.17, 15) is 14.0 Å². The molecule has 9 heteroatoms. The van der Waals surface area contributed by atoms with Gasteiger partial charge in [-0.25, -0.2) is 9.38 Å². The first kappa shape index (κ1) is 32.7. The largest absolute Gasteiger partial charge is 0.491 e. The van der Waals surface area contributed by atoms with Crippen molar-refractivity contribution >= 4 is 42.2 Å². The first-order valence-corrected chi connectivity index (χ1v) is 13.3. The van der Waals surface area contributed by atoms with E-state index in [0.717, 1.165) is 6.54 Å². The Bertz CT molecular complexity index is 1280. The standard InChI is InChI=1S/C24H26FN3O4.C7H17N/c1-4-26-22(21-16(2)13-19(14-20(21)25)32-12-11-31-3)27-17-5-7-18(8-6-17)28-23(30)24(15-29)9-10-24;1-7(2,3)6-8(4)5/h4-8,13-15,27H,2,9-12H2,1,3H3,(H,28,30);6H2,1-5H3/b22-21-,26-4-;. The van der Waals surface area contributed by atoms with E-state index in [1.165, 1.54) is 6.07 Å². The molecule has 0 unspecified atom stereocenters. The molecule has 1 aliphatic rings. The first-order valence-electron chi connectivity index (χ1n) is 13.3. The maximum atomic E-state index is 14.9. The van der Waals surface area contributed by atoms with Crippen molar-refractivity contribution < 1.29 is 23.5 Å². The van der Waals surface area contributed by atoms with Crippen LogP contribution in [0.1, 0.15) is 40.5 Å². The smallest absolute Gasteiger partial charge is 0.237 e. The highest BCUT2D eigenvalue weighted by Gasteiger charge is 2.50. The summed E-state index contributed by atoms with van der Waals surface area (Å²) in [5.74, 6) is -0.178. The summed E-state index contributed by atoms with van der Waals surface area (Å²) >= 11 is 0. The van der Waals surface area contributed by atoms with Crippen LogP contribution in [-0.4, -0.2) is 64.3 Å². The Morgan fingerprint density at radius 2 is 1.73 bits per heavy atom. The van der Waals surface area contributed by atoms with Gasteiger partial charge in [0.15, 0.2) is 0 Å². The number of carbonyl (C=O) groups excluding carboxylic acids is 2. The highest BCUT2D eigenvalue weighted by Crippen LogP contribution is 2.44. The number of nitrogens with zero attached hydrogens (tertiary/aromatic N) is 2. The molecule has 1 fully saturated rings. The molecule has 0 atom stereocenters. The van der Waals surface area contributed by atoms with E-state index in [2.05, 4.69) is 62.0 Å². The van der Waals surface area contributed by atoms with Crippen molar-refractivity contribution in [3.8, 4) is 5.75 Å². The average Bonchev–Trinajstić information content (AvgIpc) is 3.66. The minimum Gasteiger partial charge on any atom is -0.491 e. The number of benzene rings is 2. The fourth-order valence-electron chi connectivity index (χ4n) is 4.03. The molecule has 2 aromatic rings. The summed E-state index contributed by atoms with van der Waals surface area (Å²) in [6.07, 6.45) is 3.41. The molecule has 0 saturated heterocycles. The molecule has 2 aromatic carbocycles. The summed E-state index contributed by atoms with van der Waals surface area (Å²) in [5.41, 5.74) is 0.772. The van der Waals surface area contributed by atoms with Gasteiger partial charge in [-0.1, -0.05) is 27.4 Å². The number of halogens is 1. The van der Waals surface area contributed by atoms with Gasteiger partial charge in [-0.15, -0.1) is 0 Å². The molecule has 0 bridgehead atoms. The molecule has 8 nitrogen and oxygen atoms in total. The Morgan fingerprint density at radius 3 is 2.15 bits per heavy atom. The Kier molecular flexibility index (Phi) is 12.0. The van der Waals surface area contributed by atoms with Gasteiger partial charge in [0.25, 0.3) is 0 Å². The average molecular weight is 555 g/mol. The maximum absolute atomic E-state index is 14.9. The monoisotopic (exact) mass is 554 g/mol. The number of carbonyl (C=O) groups is 2. The molecule has 2 N–H and O–H groups in total. The van der Waals surface area contributed by atoms with Gasteiger partial charge in [-0.05, 0) is 74.8 Å². The van der Waals surface area contributed by atoms with Crippen LogP contribution in [0.15, 0.2) is 41.4 Å². The van der Waals surface area contributed by atoms with Gasteiger partial charge < -0.3 is 29.8 Å². The molecular weight excluding hydrogens is 511 g/mol. The van der Waals surface area contributed by atoms with Crippen LogP contribution in [-0.2, 0) is 14.3 Å². The third-order valence-electron chi connectivity index (χ3n) is 5.86. The third kappa shape index (κ3) is 10.2. The lowest BCUT2D eigenvalue weighted by Gasteiger charge is -2.22. The maximum Gasteiger partial charge on any atom is 0.237 e. The highest BCUT2D eigenvalue weighted by molar-refractivity contribution is 6.07. The quantitative estimate of drug-likeness (QED) is 0.189. The molecule has 0 aromatic heterocycles. The van der Waals surface area contributed by atoms with E-state index in [0.29, 0.717) is 60.1 Å². The van der Waals surface area contributed by atoms with Crippen molar-refractivity contribution in [2.75, 3.05) is 51.6 Å². The molecule has 0 aliphatic heterocycles. The number of hydrogen-bond acceptors (Lipinski definition) is 7. The predicted octanol–water partition coefficient (Wildman–Crippen LogP) is 4.04. The van der Waals surface area contributed by atoms with Gasteiger partial charge in [0.1, 0.15) is 35.7 Å². The topological polar surface area (TPSA) is 92.3 Å². The Morgan fingerprint density at radius 1 is 1.12 bits per heavy atom. The van der Waals surface area contributed by atoms with Crippen molar-refractivity contribution in [3.63, 3.8) is 0 Å². The number of hydrogen-bond donors (Lipinski definition) is 2. The molecular formula is C31H43FN4O4. The van der Waals surface area contributed by atoms with Crippen LogP contribution in [0, 0.1) is 16.6 Å². The Hall–Kier alpha value is -3.56. The van der Waals surface area contributed by atoms with Crippen LogP contribution in [0.25, 0.3) is 12.4 Å². The second-order valence-electron chi connectivity index (χ2n) is 11.2. The second kappa shape index (κ2) is 14.7. The molecule has 40 heavy (non-hydrogen) atoms. The van der Waals surface area contributed by atoms with Gasteiger partial charge >= 0.3 is 0 Å². The van der Waals surface area contributed by atoms with E-state index in [1.807, 2.05) is 0 Å². The Labute approximate surface area is 237 Å². The van der Waals surface area contributed by atoms with Crippen LogP contribution in [0.5, 0.6) is 5.75 Å². The van der Waals surface area contributed by atoms with Crippen LogP contribution < -0.4 is 25.8 Å². The van der Waals surface area contributed by atoms with E-state index < -0.39 is 11.2 Å². The van der Waals surface area contributed by atoms with Crippen LogP contribution >= 0.6 is 0 Å². The zero-order chi connectivity index (χ0) is 29.9. The van der Waals surface area contributed by atoms with Gasteiger partial charge in [-0.3, -0.25) is 4.79 Å². The van der Waals surface area contributed by atoms with E-state index in [1.54, 1.807) is 50.6 Å². The molecule has 1 saturated carbocycles. The Balaban J connectivity index is 0.000000611. The number of methoxy groups -OCH3 is 1. The summed E-state index contributed by atoms with van der Waals surface area (Å²) in [7, 11) is 5.77. The number of aldehydes is 1. The summed E-state index contributed by atoms with van der Waals surface area (Å²) in [6, 6.07) is 9.77. The van der Waals surface area contributed by atoms with Gasteiger partial charge in [-0.2, -0.15) is 0 Å². The lowest BCUT2D eigenvalue weighted by Crippen LogP contribution is -2.31. The molecule has 0 heterocycles. The second-order valence-corrected chi connectivity index (χ2v) is 11.2. The molecule has 218 valence electrons. The number of rotatable bonds is 11. The molecule has 1 aliphatic carbocycles. The van der Waals surface area contributed by atoms with Crippen LogP contribution in [0.4, 0.5) is 15.8 Å². The van der Waals surface area contributed by atoms with Crippen molar-refractivity contribution in [1.29, 1.82) is 0 Å². The molecule has 0 spiro atoms. The molecule has 0 radical (unpaired) electrons. The summed E-state index contributed by atoms with van der Waals surface area (Å²) in [6.45, 7) is 14.2. The van der Waals surface area contributed by atoms with Gasteiger partial charge in [0, 0.05) is 37.3 Å². The van der Waals surface area contributed by atoms with Gasteiger partial charge in [0.2, 0.25) is 5.91 Å². The summed E-state index contributed by atoms with van der Waals surface area (Å²) in [4.78, 5) is 29.8. The third-order valence-corrected chi connectivity index (χ3v) is 5.86. The summed E-state index contributed by atoms with van der Waals surface area (Å²) in [5, 5.41) is 6.48. The fraction of sp³-hybridized carbons (Fsp3) is 0.452.